The van der Waals surface area contributed by atoms with E-state index in [1.165, 1.54) is 0 Å². The first-order chi connectivity index (χ1) is 13.1. The summed E-state index contributed by atoms with van der Waals surface area (Å²) in [5, 5.41) is 6.10. The number of alkyl carbamates (subject to hydrolysis) is 1. The lowest BCUT2D eigenvalue weighted by Crippen LogP contribution is -2.56. The van der Waals surface area contributed by atoms with Crippen LogP contribution in [0.3, 0.4) is 0 Å². The SMILES string of the molecule is CN(C)c1ncccc1C(=O)NCC1(NC(=O)OC(C)(C)C)CCCCCC1. The Morgan fingerprint density at radius 3 is 2.39 bits per heavy atom. The average Bonchev–Trinajstić information content (AvgIpc) is 2.84. The van der Waals surface area contributed by atoms with Gasteiger partial charge in [0.1, 0.15) is 11.4 Å². The number of hydrogen-bond donors (Lipinski definition) is 2. The van der Waals surface area contributed by atoms with Crippen LogP contribution in [0.25, 0.3) is 0 Å². The van der Waals surface area contributed by atoms with Gasteiger partial charge < -0.3 is 20.3 Å². The van der Waals surface area contributed by atoms with Crippen molar-refractivity contribution in [3.05, 3.63) is 23.9 Å². The first kappa shape index (κ1) is 22.0. The van der Waals surface area contributed by atoms with Gasteiger partial charge in [0.15, 0.2) is 0 Å². The highest BCUT2D eigenvalue weighted by Crippen LogP contribution is 2.27. The van der Waals surface area contributed by atoms with E-state index in [1.54, 1.807) is 18.3 Å². The normalized spacial score (nSPS) is 16.6. The fraction of sp³-hybridized carbons (Fsp3) is 0.667. The Balaban J connectivity index is 2.12. The van der Waals surface area contributed by atoms with Crippen LogP contribution in [0.1, 0.15) is 69.7 Å². The van der Waals surface area contributed by atoms with E-state index in [4.69, 9.17) is 4.74 Å². The van der Waals surface area contributed by atoms with E-state index in [0.29, 0.717) is 17.9 Å². The first-order valence-electron chi connectivity index (χ1n) is 10.0. The second kappa shape index (κ2) is 9.26. The quantitative estimate of drug-likeness (QED) is 0.752. The number of carbonyl (C=O) groups is 2. The summed E-state index contributed by atoms with van der Waals surface area (Å²) in [6, 6.07) is 3.51. The summed E-state index contributed by atoms with van der Waals surface area (Å²) in [4.78, 5) is 31.4. The molecule has 0 radical (unpaired) electrons. The molecule has 1 aliphatic carbocycles. The second-order valence-electron chi connectivity index (χ2n) is 8.77. The Hall–Kier alpha value is -2.31. The molecule has 0 aliphatic heterocycles. The van der Waals surface area contributed by atoms with E-state index in [1.807, 2.05) is 39.8 Å². The number of amides is 2. The lowest BCUT2D eigenvalue weighted by atomic mass is 9.90. The van der Waals surface area contributed by atoms with Gasteiger partial charge in [-0.25, -0.2) is 9.78 Å². The highest BCUT2D eigenvalue weighted by molar-refractivity contribution is 5.98. The van der Waals surface area contributed by atoms with Gasteiger partial charge in [-0.05, 0) is 45.7 Å². The molecule has 2 amide bonds. The number of hydrogen-bond acceptors (Lipinski definition) is 5. The molecule has 0 bridgehead atoms. The zero-order chi connectivity index (χ0) is 20.8. The highest BCUT2D eigenvalue weighted by Gasteiger charge is 2.35. The second-order valence-corrected chi connectivity index (χ2v) is 8.77. The maximum absolute atomic E-state index is 12.8. The highest BCUT2D eigenvalue weighted by atomic mass is 16.6. The molecule has 156 valence electrons. The zero-order valence-corrected chi connectivity index (χ0v) is 17.8. The van der Waals surface area contributed by atoms with Crippen molar-refractivity contribution in [1.29, 1.82) is 0 Å². The van der Waals surface area contributed by atoms with Crippen molar-refractivity contribution in [1.82, 2.24) is 15.6 Å². The molecular formula is C21H34N4O3. The molecule has 0 spiro atoms. The lowest BCUT2D eigenvalue weighted by molar-refractivity contribution is 0.0437. The van der Waals surface area contributed by atoms with Crippen LogP contribution in [0.2, 0.25) is 0 Å². The molecule has 2 rings (SSSR count). The van der Waals surface area contributed by atoms with Crippen LogP contribution in [0.15, 0.2) is 18.3 Å². The van der Waals surface area contributed by atoms with E-state index in [2.05, 4.69) is 15.6 Å². The smallest absolute Gasteiger partial charge is 0.408 e. The summed E-state index contributed by atoms with van der Waals surface area (Å²) in [6.07, 6.45) is 7.18. The minimum absolute atomic E-state index is 0.189. The van der Waals surface area contributed by atoms with Crippen molar-refractivity contribution in [2.24, 2.45) is 0 Å². The standard InChI is InChI=1S/C21H34N4O3/c1-20(2,3)28-19(27)24-21(12-8-6-7-9-13-21)15-23-18(26)16-11-10-14-22-17(16)25(4)5/h10-11,14H,6-9,12-13,15H2,1-5H3,(H,23,26)(H,24,27). The molecule has 1 aromatic heterocycles. The van der Waals surface area contributed by atoms with Gasteiger partial charge in [0, 0.05) is 26.8 Å². The predicted octanol–water partition coefficient (Wildman–Crippen LogP) is 3.50. The maximum atomic E-state index is 12.8. The van der Waals surface area contributed by atoms with E-state index in [-0.39, 0.29) is 5.91 Å². The van der Waals surface area contributed by atoms with Crippen LogP contribution in [0.5, 0.6) is 0 Å². The van der Waals surface area contributed by atoms with Crippen molar-refractivity contribution < 1.29 is 14.3 Å². The Morgan fingerprint density at radius 2 is 1.82 bits per heavy atom. The fourth-order valence-corrected chi connectivity index (χ4v) is 3.55. The van der Waals surface area contributed by atoms with Gasteiger partial charge in [-0.3, -0.25) is 4.79 Å². The summed E-state index contributed by atoms with van der Waals surface area (Å²) >= 11 is 0. The summed E-state index contributed by atoms with van der Waals surface area (Å²) in [5.74, 6) is 0.432. The summed E-state index contributed by atoms with van der Waals surface area (Å²) in [5.41, 5.74) is -0.529. The molecule has 1 heterocycles. The third-order valence-corrected chi connectivity index (χ3v) is 4.87. The molecule has 0 unspecified atom stereocenters. The topological polar surface area (TPSA) is 83.6 Å². The molecule has 1 aromatic rings. The predicted molar refractivity (Wildman–Crippen MR) is 111 cm³/mol. The van der Waals surface area contributed by atoms with Gasteiger partial charge in [0.2, 0.25) is 0 Å². The van der Waals surface area contributed by atoms with Crippen LogP contribution < -0.4 is 15.5 Å². The molecule has 2 N–H and O–H groups in total. The van der Waals surface area contributed by atoms with Crippen LogP contribution in [0, 0.1) is 0 Å². The van der Waals surface area contributed by atoms with Crippen LogP contribution in [0.4, 0.5) is 10.6 Å². The van der Waals surface area contributed by atoms with Gasteiger partial charge in [-0.15, -0.1) is 0 Å². The van der Waals surface area contributed by atoms with Crippen LogP contribution in [-0.2, 0) is 4.74 Å². The largest absolute Gasteiger partial charge is 0.444 e. The monoisotopic (exact) mass is 390 g/mol. The minimum Gasteiger partial charge on any atom is -0.444 e. The van der Waals surface area contributed by atoms with Gasteiger partial charge in [-0.2, -0.15) is 0 Å². The zero-order valence-electron chi connectivity index (χ0n) is 17.8. The first-order valence-corrected chi connectivity index (χ1v) is 10.0. The number of nitrogens with one attached hydrogen (secondary N) is 2. The van der Waals surface area contributed by atoms with E-state index < -0.39 is 17.2 Å². The molecular weight excluding hydrogens is 356 g/mol. The summed E-state index contributed by atoms with van der Waals surface area (Å²) in [6.45, 7) is 5.91. The van der Waals surface area contributed by atoms with Crippen molar-refractivity contribution in [3.63, 3.8) is 0 Å². The van der Waals surface area contributed by atoms with Gasteiger partial charge in [0.25, 0.3) is 5.91 Å². The van der Waals surface area contributed by atoms with Crippen molar-refractivity contribution in [2.75, 3.05) is 25.5 Å². The Kier molecular flexibility index (Phi) is 7.27. The molecule has 1 saturated carbocycles. The van der Waals surface area contributed by atoms with E-state index in [9.17, 15) is 9.59 Å². The molecule has 1 aliphatic rings. The fourth-order valence-electron chi connectivity index (χ4n) is 3.55. The summed E-state index contributed by atoms with van der Waals surface area (Å²) in [7, 11) is 3.71. The summed E-state index contributed by atoms with van der Waals surface area (Å²) < 4.78 is 5.47. The third-order valence-electron chi connectivity index (χ3n) is 4.87. The number of ether oxygens (including phenoxy) is 1. The van der Waals surface area contributed by atoms with E-state index in [0.717, 1.165) is 38.5 Å². The van der Waals surface area contributed by atoms with E-state index >= 15 is 0 Å². The molecule has 0 atom stereocenters. The number of carbonyl (C=O) groups excluding carboxylic acids is 2. The van der Waals surface area contributed by atoms with Crippen molar-refractivity contribution >= 4 is 17.8 Å². The lowest BCUT2D eigenvalue weighted by Gasteiger charge is -2.35. The minimum atomic E-state index is -0.560. The van der Waals surface area contributed by atoms with Crippen LogP contribution in [-0.4, -0.2) is 48.8 Å². The number of aromatic nitrogens is 1. The molecule has 0 saturated heterocycles. The van der Waals surface area contributed by atoms with Crippen molar-refractivity contribution in [3.8, 4) is 0 Å². The third kappa shape index (κ3) is 6.39. The molecule has 1 fully saturated rings. The Bertz CT molecular complexity index is 674. The molecule has 7 nitrogen and oxygen atoms in total. The Labute approximate surface area is 168 Å². The molecule has 7 heteroatoms. The maximum Gasteiger partial charge on any atom is 0.408 e. The number of anilines is 1. The van der Waals surface area contributed by atoms with Gasteiger partial charge in [-0.1, -0.05) is 25.7 Å². The number of rotatable bonds is 5. The van der Waals surface area contributed by atoms with Gasteiger partial charge in [0.05, 0.1) is 11.1 Å². The van der Waals surface area contributed by atoms with Gasteiger partial charge >= 0.3 is 6.09 Å². The van der Waals surface area contributed by atoms with Crippen molar-refractivity contribution in [2.45, 2.75) is 70.4 Å². The number of nitrogens with zero attached hydrogens (tertiary/aromatic N) is 2. The molecule has 0 aromatic carbocycles. The average molecular weight is 391 g/mol. The Morgan fingerprint density at radius 1 is 1.18 bits per heavy atom. The number of pyridine rings is 1. The van der Waals surface area contributed by atoms with Crippen LogP contribution >= 0.6 is 0 Å². The molecule has 28 heavy (non-hydrogen) atoms.